The van der Waals surface area contributed by atoms with E-state index >= 15 is 0 Å². The van der Waals surface area contributed by atoms with Crippen LogP contribution in [0, 0.1) is 6.92 Å². The van der Waals surface area contributed by atoms with Crippen LogP contribution in [-0.4, -0.2) is 0 Å². The lowest BCUT2D eigenvalue weighted by Crippen LogP contribution is -2.13. The van der Waals surface area contributed by atoms with Gasteiger partial charge in [-0.3, -0.25) is 0 Å². The zero-order chi connectivity index (χ0) is 14.9. The molecule has 1 unspecified atom stereocenters. The predicted molar refractivity (Wildman–Crippen MR) is 76.4 cm³/mol. The van der Waals surface area contributed by atoms with Crippen LogP contribution in [0.15, 0.2) is 46.9 Å². The third-order valence-corrected chi connectivity index (χ3v) is 3.81. The van der Waals surface area contributed by atoms with Gasteiger partial charge < -0.3 is 5.73 Å². The van der Waals surface area contributed by atoms with Crippen molar-refractivity contribution in [1.29, 1.82) is 0 Å². The number of benzene rings is 2. The summed E-state index contributed by atoms with van der Waals surface area (Å²) in [5, 5.41) is 0. The summed E-state index contributed by atoms with van der Waals surface area (Å²) in [4.78, 5) is 0. The molecular formula is C15H13BrF3N. The van der Waals surface area contributed by atoms with Gasteiger partial charge in [-0.1, -0.05) is 45.8 Å². The van der Waals surface area contributed by atoms with Gasteiger partial charge in [0.25, 0.3) is 0 Å². The fourth-order valence-electron chi connectivity index (χ4n) is 1.96. The molecule has 0 amide bonds. The summed E-state index contributed by atoms with van der Waals surface area (Å²) in [6.07, 6.45) is -4.33. The van der Waals surface area contributed by atoms with Crippen molar-refractivity contribution in [2.75, 3.05) is 0 Å². The molecule has 1 atom stereocenters. The van der Waals surface area contributed by atoms with Crippen LogP contribution in [0.3, 0.4) is 0 Å². The molecule has 0 aliphatic heterocycles. The number of nitrogens with two attached hydrogens (primary N) is 1. The first kappa shape index (κ1) is 15.1. The average Bonchev–Trinajstić information content (AvgIpc) is 2.40. The fraction of sp³-hybridized carbons (Fsp3) is 0.200. The summed E-state index contributed by atoms with van der Waals surface area (Å²) in [7, 11) is 0. The largest absolute Gasteiger partial charge is 0.416 e. The molecule has 2 N–H and O–H groups in total. The van der Waals surface area contributed by atoms with Crippen LogP contribution in [0.1, 0.15) is 28.3 Å². The lowest BCUT2D eigenvalue weighted by Gasteiger charge is -2.16. The highest BCUT2D eigenvalue weighted by atomic mass is 79.9. The minimum absolute atomic E-state index is 0.466. The second kappa shape index (κ2) is 5.58. The highest BCUT2D eigenvalue weighted by Gasteiger charge is 2.30. The van der Waals surface area contributed by atoms with Gasteiger partial charge in [-0.25, -0.2) is 0 Å². The molecule has 0 spiro atoms. The van der Waals surface area contributed by atoms with E-state index in [-0.39, 0.29) is 0 Å². The van der Waals surface area contributed by atoms with E-state index in [0.717, 1.165) is 27.7 Å². The molecule has 2 rings (SSSR count). The Morgan fingerprint density at radius 3 is 2.20 bits per heavy atom. The molecule has 2 aromatic rings. The van der Waals surface area contributed by atoms with E-state index in [1.165, 1.54) is 12.1 Å². The molecule has 0 aliphatic rings. The second-order valence-corrected chi connectivity index (χ2v) is 5.48. The predicted octanol–water partition coefficient (Wildman–Crippen LogP) is 4.82. The van der Waals surface area contributed by atoms with Crippen molar-refractivity contribution in [2.45, 2.75) is 19.1 Å². The van der Waals surface area contributed by atoms with E-state index in [1.54, 1.807) is 0 Å². The Bertz CT molecular complexity index is 606. The summed E-state index contributed by atoms with van der Waals surface area (Å²) >= 11 is 3.41. The number of halogens is 4. The zero-order valence-electron chi connectivity index (χ0n) is 10.7. The van der Waals surface area contributed by atoms with Crippen molar-refractivity contribution < 1.29 is 13.2 Å². The lowest BCUT2D eigenvalue weighted by molar-refractivity contribution is -0.137. The third kappa shape index (κ3) is 3.22. The van der Waals surface area contributed by atoms with E-state index in [1.807, 2.05) is 25.1 Å². The number of rotatable bonds is 2. The van der Waals surface area contributed by atoms with E-state index in [9.17, 15) is 13.2 Å². The van der Waals surface area contributed by atoms with Crippen molar-refractivity contribution in [2.24, 2.45) is 5.73 Å². The number of hydrogen-bond acceptors (Lipinski definition) is 1. The molecule has 5 heteroatoms. The molecule has 0 saturated heterocycles. The molecule has 0 aliphatic carbocycles. The molecule has 106 valence electrons. The standard InChI is InChI=1S/C15H13BrF3N/c1-9-2-7-13(16)12(8-9)14(20)10-3-5-11(6-4-10)15(17,18)19/h2-8,14H,20H2,1H3. The van der Waals surface area contributed by atoms with Crippen molar-refractivity contribution >= 4 is 15.9 Å². The quantitative estimate of drug-likeness (QED) is 0.830. The maximum absolute atomic E-state index is 12.5. The normalized spacial score (nSPS) is 13.3. The SMILES string of the molecule is Cc1ccc(Br)c(C(N)c2ccc(C(F)(F)F)cc2)c1. The maximum Gasteiger partial charge on any atom is 0.416 e. The Morgan fingerprint density at radius 1 is 1.05 bits per heavy atom. The minimum Gasteiger partial charge on any atom is -0.320 e. The summed E-state index contributed by atoms with van der Waals surface area (Å²) in [5.74, 6) is 0. The van der Waals surface area contributed by atoms with Crippen LogP contribution in [0.2, 0.25) is 0 Å². The monoisotopic (exact) mass is 343 g/mol. The van der Waals surface area contributed by atoms with Crippen LogP contribution in [0.4, 0.5) is 13.2 Å². The summed E-state index contributed by atoms with van der Waals surface area (Å²) in [6.45, 7) is 1.94. The summed E-state index contributed by atoms with van der Waals surface area (Å²) in [5.41, 5.74) is 8.01. The minimum atomic E-state index is -4.33. The van der Waals surface area contributed by atoms with Gasteiger partial charge in [0.05, 0.1) is 11.6 Å². The van der Waals surface area contributed by atoms with E-state index in [0.29, 0.717) is 5.56 Å². The van der Waals surface area contributed by atoms with Crippen molar-refractivity contribution in [3.8, 4) is 0 Å². The first-order valence-electron chi connectivity index (χ1n) is 5.98. The fourth-order valence-corrected chi connectivity index (χ4v) is 2.45. The van der Waals surface area contributed by atoms with Crippen LogP contribution in [-0.2, 0) is 6.18 Å². The van der Waals surface area contributed by atoms with Gasteiger partial charge in [-0.05, 0) is 36.2 Å². The Balaban J connectivity index is 2.34. The molecule has 0 aromatic heterocycles. The molecule has 20 heavy (non-hydrogen) atoms. The number of aryl methyl sites for hydroxylation is 1. The van der Waals surface area contributed by atoms with Gasteiger partial charge in [0, 0.05) is 4.47 Å². The van der Waals surface area contributed by atoms with Crippen molar-refractivity contribution in [1.82, 2.24) is 0 Å². The Labute approximate surface area is 123 Å². The van der Waals surface area contributed by atoms with Gasteiger partial charge in [-0.2, -0.15) is 13.2 Å². The smallest absolute Gasteiger partial charge is 0.320 e. The second-order valence-electron chi connectivity index (χ2n) is 4.62. The molecule has 0 bridgehead atoms. The first-order valence-corrected chi connectivity index (χ1v) is 6.77. The third-order valence-electron chi connectivity index (χ3n) is 3.08. The molecule has 0 radical (unpaired) electrons. The number of hydrogen-bond donors (Lipinski definition) is 1. The maximum atomic E-state index is 12.5. The lowest BCUT2D eigenvalue weighted by atomic mass is 9.97. The average molecular weight is 344 g/mol. The number of alkyl halides is 3. The molecule has 0 fully saturated rings. The van der Waals surface area contributed by atoms with Crippen LogP contribution < -0.4 is 5.73 Å². The van der Waals surface area contributed by atoms with Crippen molar-refractivity contribution in [3.05, 3.63) is 69.2 Å². The molecule has 0 saturated carbocycles. The summed E-state index contributed by atoms with van der Waals surface area (Å²) < 4.78 is 38.4. The van der Waals surface area contributed by atoms with Crippen LogP contribution in [0.25, 0.3) is 0 Å². The van der Waals surface area contributed by atoms with E-state index in [2.05, 4.69) is 15.9 Å². The van der Waals surface area contributed by atoms with E-state index in [4.69, 9.17) is 5.73 Å². The highest BCUT2D eigenvalue weighted by molar-refractivity contribution is 9.10. The van der Waals surface area contributed by atoms with Crippen molar-refractivity contribution in [3.63, 3.8) is 0 Å². The highest BCUT2D eigenvalue weighted by Crippen LogP contribution is 2.32. The van der Waals surface area contributed by atoms with Gasteiger partial charge in [-0.15, -0.1) is 0 Å². The summed E-state index contributed by atoms with van der Waals surface area (Å²) in [6, 6.07) is 10.2. The van der Waals surface area contributed by atoms with Gasteiger partial charge >= 0.3 is 6.18 Å². The topological polar surface area (TPSA) is 26.0 Å². The Hall–Kier alpha value is -1.33. The Kier molecular flexibility index (Phi) is 4.20. The zero-order valence-corrected chi connectivity index (χ0v) is 12.3. The van der Waals surface area contributed by atoms with Crippen LogP contribution >= 0.6 is 15.9 Å². The molecule has 1 nitrogen and oxygen atoms in total. The molecule has 0 heterocycles. The van der Waals surface area contributed by atoms with Gasteiger partial charge in [0.1, 0.15) is 0 Å². The molecule has 2 aromatic carbocycles. The Morgan fingerprint density at radius 2 is 1.65 bits per heavy atom. The van der Waals surface area contributed by atoms with Gasteiger partial charge in [0.2, 0.25) is 0 Å². The van der Waals surface area contributed by atoms with E-state index < -0.39 is 17.8 Å². The van der Waals surface area contributed by atoms with Gasteiger partial charge in [0.15, 0.2) is 0 Å². The van der Waals surface area contributed by atoms with Crippen LogP contribution in [0.5, 0.6) is 0 Å². The molecular weight excluding hydrogens is 331 g/mol. The first-order chi connectivity index (χ1) is 9.29.